The van der Waals surface area contributed by atoms with Crippen molar-refractivity contribution in [2.45, 2.75) is 13.3 Å². The second-order valence-corrected chi connectivity index (χ2v) is 4.86. The van der Waals surface area contributed by atoms with Crippen LogP contribution in [0.5, 0.6) is 5.75 Å². The van der Waals surface area contributed by atoms with Crippen molar-refractivity contribution < 1.29 is 9.53 Å². The van der Waals surface area contributed by atoms with Crippen LogP contribution in [0.15, 0.2) is 30.3 Å². The Bertz CT molecular complexity index is 386. The lowest BCUT2D eigenvalue weighted by atomic mass is 10.3. The minimum Gasteiger partial charge on any atom is -0.494 e. The molecule has 0 aromatic heterocycles. The van der Waals surface area contributed by atoms with E-state index in [1.807, 2.05) is 35.2 Å². The van der Waals surface area contributed by atoms with Gasteiger partial charge in [0.05, 0.1) is 6.61 Å². The Morgan fingerprint density at radius 1 is 1.16 bits per heavy atom. The number of carbonyl (C=O) groups excluding carboxylic acids is 1. The molecule has 1 amide bonds. The maximum atomic E-state index is 11.2. The largest absolute Gasteiger partial charge is 0.494 e. The Morgan fingerprint density at radius 3 is 2.47 bits per heavy atom. The molecular weight excluding hydrogens is 240 g/mol. The summed E-state index contributed by atoms with van der Waals surface area (Å²) in [6, 6.07) is 9.91. The Balaban J connectivity index is 1.58. The van der Waals surface area contributed by atoms with Crippen LogP contribution in [0.1, 0.15) is 13.3 Å². The molecule has 1 fully saturated rings. The highest BCUT2D eigenvalue weighted by molar-refractivity contribution is 5.73. The number of hydrogen-bond donors (Lipinski definition) is 0. The van der Waals surface area contributed by atoms with Crippen molar-refractivity contribution in [1.82, 2.24) is 9.80 Å². The number of carbonyl (C=O) groups is 1. The Kier molecular flexibility index (Phi) is 5.21. The Labute approximate surface area is 115 Å². The Hall–Kier alpha value is -1.55. The van der Waals surface area contributed by atoms with Crippen LogP contribution < -0.4 is 4.74 Å². The van der Waals surface area contributed by atoms with E-state index >= 15 is 0 Å². The van der Waals surface area contributed by atoms with Crippen molar-refractivity contribution >= 4 is 5.91 Å². The van der Waals surface area contributed by atoms with Crippen LogP contribution in [0.2, 0.25) is 0 Å². The molecule has 0 spiro atoms. The summed E-state index contributed by atoms with van der Waals surface area (Å²) in [6.07, 6.45) is 1.02. The van der Waals surface area contributed by atoms with Gasteiger partial charge in [-0.3, -0.25) is 9.69 Å². The Morgan fingerprint density at radius 2 is 1.84 bits per heavy atom. The highest BCUT2D eigenvalue weighted by Crippen LogP contribution is 2.09. The van der Waals surface area contributed by atoms with E-state index in [-0.39, 0.29) is 5.91 Å². The molecule has 1 saturated heterocycles. The third-order valence-electron chi connectivity index (χ3n) is 3.45. The number of piperazine rings is 1. The maximum Gasteiger partial charge on any atom is 0.219 e. The maximum absolute atomic E-state index is 11.2. The van der Waals surface area contributed by atoms with E-state index in [2.05, 4.69) is 4.90 Å². The minimum atomic E-state index is 0.187. The average Bonchev–Trinajstić information content (AvgIpc) is 2.45. The van der Waals surface area contributed by atoms with Gasteiger partial charge in [0.1, 0.15) is 5.75 Å². The molecule has 0 radical (unpaired) electrons. The molecule has 4 heteroatoms. The average molecular weight is 262 g/mol. The zero-order valence-electron chi connectivity index (χ0n) is 11.5. The molecule has 0 N–H and O–H groups in total. The molecule has 1 aromatic rings. The van der Waals surface area contributed by atoms with Gasteiger partial charge in [-0.05, 0) is 18.6 Å². The molecular formula is C15H22N2O2. The second-order valence-electron chi connectivity index (χ2n) is 4.86. The first-order valence-corrected chi connectivity index (χ1v) is 6.91. The summed E-state index contributed by atoms with van der Waals surface area (Å²) in [5.41, 5.74) is 0. The van der Waals surface area contributed by atoms with Crippen molar-refractivity contribution in [3.05, 3.63) is 30.3 Å². The van der Waals surface area contributed by atoms with E-state index in [1.165, 1.54) is 0 Å². The summed E-state index contributed by atoms with van der Waals surface area (Å²) in [7, 11) is 0. The quantitative estimate of drug-likeness (QED) is 0.756. The van der Waals surface area contributed by atoms with Gasteiger partial charge in [0.2, 0.25) is 5.91 Å². The molecule has 0 aliphatic carbocycles. The first-order chi connectivity index (χ1) is 9.25. The van der Waals surface area contributed by atoms with Crippen molar-refractivity contribution in [1.29, 1.82) is 0 Å². The van der Waals surface area contributed by atoms with Crippen molar-refractivity contribution in [2.24, 2.45) is 0 Å². The molecule has 1 aromatic carbocycles. The lowest BCUT2D eigenvalue weighted by molar-refractivity contribution is -0.130. The number of rotatable bonds is 5. The third-order valence-corrected chi connectivity index (χ3v) is 3.45. The predicted molar refractivity (Wildman–Crippen MR) is 75.2 cm³/mol. The lowest BCUT2D eigenvalue weighted by Gasteiger charge is -2.34. The van der Waals surface area contributed by atoms with Gasteiger partial charge in [0.15, 0.2) is 0 Å². The van der Waals surface area contributed by atoms with Crippen molar-refractivity contribution in [3.63, 3.8) is 0 Å². The summed E-state index contributed by atoms with van der Waals surface area (Å²) in [5, 5.41) is 0. The molecule has 1 aliphatic heterocycles. The molecule has 0 unspecified atom stereocenters. The molecule has 104 valence electrons. The highest BCUT2D eigenvalue weighted by Gasteiger charge is 2.17. The van der Waals surface area contributed by atoms with E-state index in [0.717, 1.165) is 51.5 Å². The second kappa shape index (κ2) is 7.14. The van der Waals surface area contributed by atoms with Crippen LogP contribution >= 0.6 is 0 Å². The van der Waals surface area contributed by atoms with Crippen molar-refractivity contribution in [3.8, 4) is 5.75 Å². The van der Waals surface area contributed by atoms with Gasteiger partial charge in [-0.25, -0.2) is 0 Å². The van der Waals surface area contributed by atoms with Gasteiger partial charge in [0.25, 0.3) is 0 Å². The number of amides is 1. The molecule has 2 rings (SSSR count). The number of hydrogen-bond acceptors (Lipinski definition) is 3. The van der Waals surface area contributed by atoms with Crippen LogP contribution in [0.4, 0.5) is 0 Å². The number of para-hydroxylation sites is 1. The number of nitrogens with zero attached hydrogens (tertiary/aromatic N) is 2. The first kappa shape index (κ1) is 13.9. The summed E-state index contributed by atoms with van der Waals surface area (Å²) in [6.45, 7) is 7.10. The van der Waals surface area contributed by atoms with Crippen molar-refractivity contribution in [2.75, 3.05) is 39.3 Å². The van der Waals surface area contributed by atoms with Crippen LogP contribution in [0.3, 0.4) is 0 Å². The van der Waals surface area contributed by atoms with E-state index in [0.29, 0.717) is 0 Å². The first-order valence-electron chi connectivity index (χ1n) is 6.91. The summed E-state index contributed by atoms with van der Waals surface area (Å²) in [5.74, 6) is 1.12. The van der Waals surface area contributed by atoms with Crippen LogP contribution in [-0.2, 0) is 4.79 Å². The van der Waals surface area contributed by atoms with Gasteiger partial charge < -0.3 is 9.64 Å². The lowest BCUT2D eigenvalue weighted by Crippen LogP contribution is -2.48. The van der Waals surface area contributed by atoms with E-state index < -0.39 is 0 Å². The third kappa shape index (κ3) is 4.56. The molecule has 0 saturated carbocycles. The van der Waals surface area contributed by atoms with Gasteiger partial charge in [-0.2, -0.15) is 0 Å². The fourth-order valence-corrected chi connectivity index (χ4v) is 2.28. The van der Waals surface area contributed by atoms with E-state index in [4.69, 9.17) is 4.74 Å². The van der Waals surface area contributed by atoms with Crippen LogP contribution in [0.25, 0.3) is 0 Å². The standard InChI is InChI=1S/C15H22N2O2/c1-14(18)17-11-9-16(10-12-17)8-5-13-19-15-6-3-2-4-7-15/h2-4,6-7H,5,8-13H2,1H3. The fraction of sp³-hybridized carbons (Fsp3) is 0.533. The zero-order chi connectivity index (χ0) is 13.5. The zero-order valence-corrected chi connectivity index (χ0v) is 11.5. The highest BCUT2D eigenvalue weighted by atomic mass is 16.5. The van der Waals surface area contributed by atoms with Gasteiger partial charge >= 0.3 is 0 Å². The molecule has 0 atom stereocenters. The minimum absolute atomic E-state index is 0.187. The predicted octanol–water partition coefficient (Wildman–Crippen LogP) is 1.62. The SMILES string of the molecule is CC(=O)N1CCN(CCCOc2ccccc2)CC1. The van der Waals surface area contributed by atoms with Crippen LogP contribution in [-0.4, -0.2) is 55.0 Å². The molecule has 1 heterocycles. The molecule has 1 aliphatic rings. The topological polar surface area (TPSA) is 32.8 Å². The van der Waals surface area contributed by atoms with Gasteiger partial charge in [-0.15, -0.1) is 0 Å². The summed E-state index contributed by atoms with van der Waals surface area (Å²) >= 11 is 0. The van der Waals surface area contributed by atoms with Crippen LogP contribution in [0, 0.1) is 0 Å². The van der Waals surface area contributed by atoms with E-state index in [1.54, 1.807) is 6.92 Å². The van der Waals surface area contributed by atoms with Gasteiger partial charge in [-0.1, -0.05) is 18.2 Å². The molecule has 19 heavy (non-hydrogen) atoms. The normalized spacial score (nSPS) is 16.4. The monoisotopic (exact) mass is 262 g/mol. The van der Waals surface area contributed by atoms with Gasteiger partial charge in [0, 0.05) is 39.6 Å². The summed E-state index contributed by atoms with van der Waals surface area (Å²) in [4.78, 5) is 15.5. The van der Waals surface area contributed by atoms with E-state index in [9.17, 15) is 4.79 Å². The summed E-state index contributed by atoms with van der Waals surface area (Å²) < 4.78 is 5.67. The number of ether oxygens (including phenoxy) is 1. The smallest absolute Gasteiger partial charge is 0.219 e. The molecule has 4 nitrogen and oxygen atoms in total. The molecule has 0 bridgehead atoms. The fourth-order valence-electron chi connectivity index (χ4n) is 2.28. The number of benzene rings is 1.